The minimum Gasteiger partial charge on any atom is -0.480 e. The molecule has 0 aromatic carbocycles. The first-order valence-electron chi connectivity index (χ1n) is 8.57. The minimum absolute atomic E-state index is 0.251. The molecule has 0 radical (unpaired) electrons. The van der Waals surface area contributed by atoms with E-state index in [-0.39, 0.29) is 23.3 Å². The van der Waals surface area contributed by atoms with Crippen LogP contribution in [0.2, 0.25) is 0 Å². The van der Waals surface area contributed by atoms with Gasteiger partial charge in [-0.05, 0) is 58.8 Å². The second kappa shape index (κ2) is 7.42. The first kappa shape index (κ1) is 22.9. The van der Waals surface area contributed by atoms with Crippen LogP contribution in [0.4, 0.5) is 0 Å². The third kappa shape index (κ3) is 9.26. The molecule has 0 saturated heterocycles. The molecule has 24 heavy (non-hydrogen) atoms. The molecular formula is C19H37NO4. The Morgan fingerprint density at radius 2 is 1.42 bits per heavy atom. The lowest BCUT2D eigenvalue weighted by Gasteiger charge is -2.41. The second-order valence-electron chi connectivity index (χ2n) is 10.3. The number of ether oxygens (including phenoxy) is 1. The highest BCUT2D eigenvalue weighted by atomic mass is 16.6. The number of carboxylic acid groups (broad SMARTS) is 1. The Morgan fingerprint density at radius 1 is 0.958 bits per heavy atom. The second-order valence-corrected chi connectivity index (χ2v) is 10.3. The summed E-state index contributed by atoms with van der Waals surface area (Å²) in [6.45, 7) is 19.2. The predicted molar refractivity (Wildman–Crippen MR) is 97.0 cm³/mol. The van der Waals surface area contributed by atoms with Gasteiger partial charge in [-0.2, -0.15) is 0 Å². The monoisotopic (exact) mass is 343 g/mol. The molecule has 0 rings (SSSR count). The van der Waals surface area contributed by atoms with Gasteiger partial charge in [0.2, 0.25) is 0 Å². The number of carboxylic acids is 1. The Bertz CT molecular complexity index is 453. The van der Waals surface area contributed by atoms with Crippen molar-refractivity contribution in [1.82, 2.24) is 5.32 Å². The van der Waals surface area contributed by atoms with E-state index in [1.54, 1.807) is 0 Å². The summed E-state index contributed by atoms with van der Waals surface area (Å²) in [5.74, 6) is -1.12. The molecule has 1 atom stereocenters. The number of carbonyl (C=O) groups excluding carboxylic acids is 1. The lowest BCUT2D eigenvalue weighted by atomic mass is 9.69. The molecule has 0 saturated carbocycles. The molecule has 0 aliphatic heterocycles. The van der Waals surface area contributed by atoms with Crippen LogP contribution in [0, 0.1) is 10.8 Å². The van der Waals surface area contributed by atoms with Gasteiger partial charge < -0.3 is 9.84 Å². The lowest BCUT2D eigenvalue weighted by molar-refractivity contribution is -0.157. The fourth-order valence-corrected chi connectivity index (χ4v) is 3.19. The van der Waals surface area contributed by atoms with Gasteiger partial charge in [-0.1, -0.05) is 27.7 Å². The largest absolute Gasteiger partial charge is 0.480 e. The summed E-state index contributed by atoms with van der Waals surface area (Å²) in [5, 5.41) is 12.8. The van der Waals surface area contributed by atoms with Crippen molar-refractivity contribution in [3.8, 4) is 0 Å². The van der Waals surface area contributed by atoms with E-state index >= 15 is 0 Å². The molecule has 0 spiro atoms. The molecule has 1 unspecified atom stereocenters. The van der Waals surface area contributed by atoms with Gasteiger partial charge in [0.15, 0.2) is 0 Å². The van der Waals surface area contributed by atoms with Gasteiger partial charge in [0.05, 0.1) is 6.42 Å². The molecule has 0 aromatic rings. The summed E-state index contributed by atoms with van der Waals surface area (Å²) < 4.78 is 5.41. The van der Waals surface area contributed by atoms with E-state index < -0.39 is 23.0 Å². The molecule has 0 heterocycles. The van der Waals surface area contributed by atoms with Gasteiger partial charge in [-0.15, -0.1) is 0 Å². The SMILES string of the molecule is CC(C)(CC(=O)OC(C)(C)C)CC(C)(C)C(NC(C)(C)C)C(=O)O. The Hall–Kier alpha value is -1.10. The van der Waals surface area contributed by atoms with E-state index in [1.165, 1.54) is 0 Å². The molecule has 2 N–H and O–H groups in total. The number of hydrogen-bond donors (Lipinski definition) is 2. The first-order chi connectivity index (χ1) is 10.3. The highest BCUT2D eigenvalue weighted by Crippen LogP contribution is 2.39. The number of nitrogens with one attached hydrogen (secondary N) is 1. The number of rotatable bonds is 7. The van der Waals surface area contributed by atoms with Gasteiger partial charge in [0.1, 0.15) is 11.6 Å². The van der Waals surface area contributed by atoms with Crippen LogP contribution in [-0.2, 0) is 14.3 Å². The Morgan fingerprint density at radius 3 is 1.75 bits per heavy atom. The maximum absolute atomic E-state index is 12.1. The minimum atomic E-state index is -0.872. The van der Waals surface area contributed by atoms with Gasteiger partial charge in [0.25, 0.3) is 0 Å². The zero-order valence-corrected chi connectivity index (χ0v) is 17.2. The van der Waals surface area contributed by atoms with Crippen LogP contribution >= 0.6 is 0 Å². The highest BCUT2D eigenvalue weighted by Gasteiger charge is 2.41. The van der Waals surface area contributed by atoms with Crippen LogP contribution in [0.1, 0.15) is 82.1 Å². The number of esters is 1. The summed E-state index contributed by atoms with van der Waals surface area (Å²) in [4.78, 5) is 23.9. The molecule has 5 nitrogen and oxygen atoms in total. The molecule has 0 aliphatic carbocycles. The molecule has 0 aliphatic rings. The van der Waals surface area contributed by atoms with Crippen molar-refractivity contribution in [3.63, 3.8) is 0 Å². The molecule has 5 heteroatoms. The molecule has 0 bridgehead atoms. The van der Waals surface area contributed by atoms with Gasteiger partial charge in [0, 0.05) is 5.54 Å². The average Bonchev–Trinajstić information content (AvgIpc) is 2.17. The zero-order valence-electron chi connectivity index (χ0n) is 17.2. The Labute approximate surface area is 147 Å². The first-order valence-corrected chi connectivity index (χ1v) is 8.57. The van der Waals surface area contributed by atoms with Crippen LogP contribution in [0.15, 0.2) is 0 Å². The van der Waals surface area contributed by atoms with Crippen molar-refractivity contribution in [2.24, 2.45) is 10.8 Å². The average molecular weight is 344 g/mol. The molecule has 0 aromatic heterocycles. The quantitative estimate of drug-likeness (QED) is 0.683. The van der Waals surface area contributed by atoms with Crippen molar-refractivity contribution in [3.05, 3.63) is 0 Å². The van der Waals surface area contributed by atoms with Crippen molar-refractivity contribution in [2.75, 3.05) is 0 Å². The van der Waals surface area contributed by atoms with Crippen LogP contribution in [0.5, 0.6) is 0 Å². The number of aliphatic carboxylic acids is 1. The van der Waals surface area contributed by atoms with Crippen molar-refractivity contribution in [2.45, 2.75) is 99.3 Å². The Kier molecular flexibility index (Phi) is 7.08. The van der Waals surface area contributed by atoms with Crippen LogP contribution in [0.25, 0.3) is 0 Å². The molecule has 142 valence electrons. The number of carbonyl (C=O) groups is 2. The van der Waals surface area contributed by atoms with Crippen LogP contribution < -0.4 is 5.32 Å². The van der Waals surface area contributed by atoms with E-state index in [9.17, 15) is 14.7 Å². The van der Waals surface area contributed by atoms with Gasteiger partial charge >= 0.3 is 11.9 Å². The summed E-state index contributed by atoms with van der Waals surface area (Å²) in [7, 11) is 0. The summed E-state index contributed by atoms with van der Waals surface area (Å²) in [6, 6.07) is -0.699. The molecule has 0 fully saturated rings. The standard InChI is InChI=1S/C19H37NO4/c1-16(2,3)20-14(15(22)23)19(9,10)12-18(7,8)11-13(21)24-17(4,5)6/h14,20H,11-12H2,1-10H3,(H,22,23). The van der Waals surface area contributed by atoms with E-state index in [0.717, 1.165) is 0 Å². The van der Waals surface area contributed by atoms with E-state index in [1.807, 2.05) is 69.2 Å². The maximum atomic E-state index is 12.1. The predicted octanol–water partition coefficient (Wildman–Crippen LogP) is 4.00. The topological polar surface area (TPSA) is 75.6 Å². The fourth-order valence-electron chi connectivity index (χ4n) is 3.19. The van der Waals surface area contributed by atoms with Gasteiger partial charge in [-0.25, -0.2) is 0 Å². The van der Waals surface area contributed by atoms with Crippen LogP contribution in [0.3, 0.4) is 0 Å². The third-order valence-electron chi connectivity index (χ3n) is 3.58. The molecule has 0 amide bonds. The number of hydrogen-bond acceptors (Lipinski definition) is 4. The van der Waals surface area contributed by atoms with Crippen molar-refractivity contribution in [1.29, 1.82) is 0 Å². The molecular weight excluding hydrogens is 306 g/mol. The normalized spacial score (nSPS) is 15.1. The maximum Gasteiger partial charge on any atom is 0.321 e. The van der Waals surface area contributed by atoms with E-state index in [4.69, 9.17) is 4.74 Å². The lowest BCUT2D eigenvalue weighted by Crippen LogP contribution is -2.55. The van der Waals surface area contributed by atoms with E-state index in [2.05, 4.69) is 5.32 Å². The summed E-state index contributed by atoms with van der Waals surface area (Å²) in [5.41, 5.74) is -1.71. The van der Waals surface area contributed by atoms with Crippen molar-refractivity contribution >= 4 is 11.9 Å². The summed E-state index contributed by atoms with van der Waals surface area (Å²) in [6.07, 6.45) is 0.842. The van der Waals surface area contributed by atoms with E-state index in [0.29, 0.717) is 6.42 Å². The third-order valence-corrected chi connectivity index (χ3v) is 3.58. The van der Waals surface area contributed by atoms with Crippen LogP contribution in [-0.4, -0.2) is 34.2 Å². The fraction of sp³-hybridized carbons (Fsp3) is 0.895. The smallest absolute Gasteiger partial charge is 0.321 e. The van der Waals surface area contributed by atoms with Gasteiger partial charge in [-0.3, -0.25) is 14.9 Å². The highest BCUT2D eigenvalue weighted by molar-refractivity contribution is 5.75. The van der Waals surface area contributed by atoms with Crippen molar-refractivity contribution < 1.29 is 19.4 Å². The summed E-state index contributed by atoms with van der Waals surface area (Å²) >= 11 is 0. The zero-order chi connectivity index (χ0) is 19.6. The Balaban J connectivity index is 5.14.